The summed E-state index contributed by atoms with van der Waals surface area (Å²) in [4.78, 5) is 25.4. The Morgan fingerprint density at radius 1 is 0.969 bits per heavy atom. The zero-order valence-electron chi connectivity index (χ0n) is 17.7. The van der Waals surface area contributed by atoms with Crippen LogP contribution in [0.4, 0.5) is 5.69 Å². The molecule has 9 nitrogen and oxygen atoms in total. The molecule has 1 amide bonds. The Bertz CT molecular complexity index is 1280. The van der Waals surface area contributed by atoms with Gasteiger partial charge in [-0.05, 0) is 36.4 Å². The minimum atomic E-state index is 0.0558. The van der Waals surface area contributed by atoms with E-state index in [9.17, 15) is 4.79 Å². The number of benzene rings is 2. The molecule has 0 radical (unpaired) electrons. The molecule has 0 bridgehead atoms. The number of carbonyl (C=O) groups is 1. The van der Waals surface area contributed by atoms with E-state index < -0.39 is 0 Å². The second-order valence-electron chi connectivity index (χ2n) is 8.26. The molecule has 9 heteroatoms. The number of morpholine rings is 1. The van der Waals surface area contributed by atoms with Crippen LogP contribution >= 0.6 is 0 Å². The Hall–Kier alpha value is -3.43. The zero-order valence-corrected chi connectivity index (χ0v) is 17.7. The number of amides is 1. The van der Waals surface area contributed by atoms with Crippen molar-refractivity contribution in [1.29, 1.82) is 0 Å². The number of hydrogen-bond acceptors (Lipinski definition) is 6. The SMILES string of the molecule is O=C(c1ccc2[nH]nc(-c3nc4ccc(N5CCOCC5)cc4[nH]3)c2c1)N1CCNCC1. The van der Waals surface area contributed by atoms with Crippen molar-refractivity contribution < 1.29 is 9.53 Å². The molecule has 2 fully saturated rings. The molecule has 4 aromatic rings. The van der Waals surface area contributed by atoms with Gasteiger partial charge in [-0.3, -0.25) is 9.89 Å². The number of fused-ring (bicyclic) bond motifs is 2. The molecular weight excluding hydrogens is 406 g/mol. The molecule has 6 rings (SSSR count). The lowest BCUT2D eigenvalue weighted by molar-refractivity contribution is 0.0736. The Labute approximate surface area is 184 Å². The molecule has 3 N–H and O–H groups in total. The van der Waals surface area contributed by atoms with E-state index in [2.05, 4.69) is 37.5 Å². The van der Waals surface area contributed by atoms with Crippen LogP contribution in [0.2, 0.25) is 0 Å². The lowest BCUT2D eigenvalue weighted by atomic mass is 10.1. The van der Waals surface area contributed by atoms with Gasteiger partial charge in [0, 0.05) is 55.9 Å². The summed E-state index contributed by atoms with van der Waals surface area (Å²) in [5.74, 6) is 0.748. The van der Waals surface area contributed by atoms with E-state index in [0.29, 0.717) is 11.4 Å². The van der Waals surface area contributed by atoms with Gasteiger partial charge in [0.1, 0.15) is 5.69 Å². The summed E-state index contributed by atoms with van der Waals surface area (Å²) < 4.78 is 5.46. The number of rotatable bonds is 3. The molecule has 0 spiro atoms. The van der Waals surface area contributed by atoms with Gasteiger partial charge in [0.25, 0.3) is 5.91 Å². The molecule has 0 aliphatic carbocycles. The highest BCUT2D eigenvalue weighted by atomic mass is 16.5. The first-order valence-electron chi connectivity index (χ1n) is 11.1. The van der Waals surface area contributed by atoms with Crippen LogP contribution in [0.25, 0.3) is 33.5 Å². The molecule has 4 heterocycles. The molecule has 2 aliphatic rings. The highest BCUT2D eigenvalue weighted by molar-refractivity contribution is 6.01. The van der Waals surface area contributed by atoms with E-state index in [1.165, 1.54) is 0 Å². The zero-order chi connectivity index (χ0) is 21.5. The van der Waals surface area contributed by atoms with Crippen LogP contribution in [0, 0.1) is 0 Å². The first-order chi connectivity index (χ1) is 15.8. The molecule has 32 heavy (non-hydrogen) atoms. The number of nitrogens with one attached hydrogen (secondary N) is 3. The Kier molecular flexibility index (Phi) is 4.77. The molecule has 2 saturated heterocycles. The number of imidazole rings is 1. The van der Waals surface area contributed by atoms with Crippen LogP contribution in [0.5, 0.6) is 0 Å². The number of anilines is 1. The van der Waals surface area contributed by atoms with Gasteiger partial charge in [0.2, 0.25) is 0 Å². The number of nitrogens with zero attached hydrogens (tertiary/aromatic N) is 4. The average molecular weight is 432 g/mol. The van der Waals surface area contributed by atoms with E-state index in [1.54, 1.807) is 0 Å². The second-order valence-corrected chi connectivity index (χ2v) is 8.26. The maximum atomic E-state index is 13.0. The smallest absolute Gasteiger partial charge is 0.253 e. The fourth-order valence-electron chi connectivity index (χ4n) is 4.51. The summed E-state index contributed by atoms with van der Waals surface area (Å²) in [7, 11) is 0. The third-order valence-electron chi connectivity index (χ3n) is 6.28. The maximum Gasteiger partial charge on any atom is 0.253 e. The summed E-state index contributed by atoms with van der Waals surface area (Å²) in [6.07, 6.45) is 0. The lowest BCUT2D eigenvalue weighted by Crippen LogP contribution is -2.46. The largest absolute Gasteiger partial charge is 0.378 e. The third-order valence-corrected chi connectivity index (χ3v) is 6.28. The topological polar surface area (TPSA) is 102 Å². The molecular formula is C23H25N7O2. The Balaban J connectivity index is 1.35. The van der Waals surface area contributed by atoms with Crippen LogP contribution < -0.4 is 10.2 Å². The fourth-order valence-corrected chi connectivity index (χ4v) is 4.51. The number of H-pyrrole nitrogens is 2. The molecule has 2 aromatic heterocycles. The quantitative estimate of drug-likeness (QED) is 0.459. The molecule has 0 atom stereocenters. The highest BCUT2D eigenvalue weighted by Gasteiger charge is 2.20. The van der Waals surface area contributed by atoms with Gasteiger partial charge in [0.05, 0.1) is 29.8 Å². The lowest BCUT2D eigenvalue weighted by Gasteiger charge is -2.28. The van der Waals surface area contributed by atoms with Crippen LogP contribution in [0.1, 0.15) is 10.4 Å². The molecule has 0 saturated carbocycles. The standard InChI is InChI=1S/C23H25N7O2/c31-23(30-7-5-24-6-8-30)15-1-3-18-17(13-15)21(28-27-18)22-25-19-4-2-16(14-20(19)26-22)29-9-11-32-12-10-29/h1-4,13-14,24H,5-12H2,(H,25,26)(H,27,28). The third kappa shape index (κ3) is 3.39. The number of aromatic amines is 2. The normalized spacial score (nSPS) is 17.4. The van der Waals surface area contributed by atoms with E-state index in [4.69, 9.17) is 9.72 Å². The number of ether oxygens (including phenoxy) is 1. The van der Waals surface area contributed by atoms with Crippen molar-refractivity contribution in [3.05, 3.63) is 42.0 Å². The van der Waals surface area contributed by atoms with Gasteiger partial charge in [-0.2, -0.15) is 5.10 Å². The summed E-state index contributed by atoms with van der Waals surface area (Å²) in [5.41, 5.74) is 5.29. The Morgan fingerprint density at radius 3 is 2.66 bits per heavy atom. The second kappa shape index (κ2) is 7.92. The number of hydrogen-bond donors (Lipinski definition) is 3. The fraction of sp³-hybridized carbons (Fsp3) is 0.348. The number of carbonyl (C=O) groups excluding carboxylic acids is 1. The summed E-state index contributed by atoms with van der Waals surface area (Å²) in [5, 5.41) is 11.7. The Morgan fingerprint density at radius 2 is 1.81 bits per heavy atom. The maximum absolute atomic E-state index is 13.0. The minimum Gasteiger partial charge on any atom is -0.378 e. The summed E-state index contributed by atoms with van der Waals surface area (Å²) >= 11 is 0. The van der Waals surface area contributed by atoms with Gasteiger partial charge in [-0.1, -0.05) is 0 Å². The van der Waals surface area contributed by atoms with Crippen LogP contribution in [-0.4, -0.2) is 83.5 Å². The monoisotopic (exact) mass is 431 g/mol. The summed E-state index contributed by atoms with van der Waals surface area (Å²) in [6.45, 7) is 6.39. The molecule has 0 unspecified atom stereocenters. The van der Waals surface area contributed by atoms with Crippen molar-refractivity contribution in [2.45, 2.75) is 0 Å². The van der Waals surface area contributed by atoms with E-state index in [1.807, 2.05) is 29.2 Å². The van der Waals surface area contributed by atoms with Crippen molar-refractivity contribution in [1.82, 2.24) is 30.4 Å². The van der Waals surface area contributed by atoms with Gasteiger partial charge in [0.15, 0.2) is 5.82 Å². The molecule has 2 aliphatic heterocycles. The molecule has 164 valence electrons. The minimum absolute atomic E-state index is 0.0558. The van der Waals surface area contributed by atoms with E-state index >= 15 is 0 Å². The van der Waals surface area contributed by atoms with Crippen LogP contribution in [-0.2, 0) is 4.74 Å². The summed E-state index contributed by atoms with van der Waals surface area (Å²) in [6, 6.07) is 12.0. The van der Waals surface area contributed by atoms with Crippen molar-refractivity contribution in [3.63, 3.8) is 0 Å². The van der Waals surface area contributed by atoms with Crippen molar-refractivity contribution in [2.75, 3.05) is 57.4 Å². The van der Waals surface area contributed by atoms with Gasteiger partial charge < -0.3 is 24.8 Å². The van der Waals surface area contributed by atoms with Gasteiger partial charge in [-0.25, -0.2) is 4.98 Å². The predicted molar refractivity (Wildman–Crippen MR) is 123 cm³/mol. The number of piperazine rings is 1. The van der Waals surface area contributed by atoms with Crippen molar-refractivity contribution >= 4 is 33.5 Å². The van der Waals surface area contributed by atoms with Crippen LogP contribution in [0.3, 0.4) is 0 Å². The average Bonchev–Trinajstić information content (AvgIpc) is 3.47. The van der Waals surface area contributed by atoms with Gasteiger partial charge >= 0.3 is 0 Å². The number of aromatic nitrogens is 4. The van der Waals surface area contributed by atoms with E-state index in [0.717, 1.165) is 85.8 Å². The van der Waals surface area contributed by atoms with Crippen molar-refractivity contribution in [3.8, 4) is 11.5 Å². The predicted octanol–water partition coefficient (Wildman–Crippen LogP) is 1.99. The van der Waals surface area contributed by atoms with Gasteiger partial charge in [-0.15, -0.1) is 0 Å². The first kappa shape index (κ1) is 19.3. The van der Waals surface area contributed by atoms with E-state index in [-0.39, 0.29) is 5.91 Å². The van der Waals surface area contributed by atoms with Crippen molar-refractivity contribution in [2.24, 2.45) is 0 Å². The van der Waals surface area contributed by atoms with Crippen LogP contribution in [0.15, 0.2) is 36.4 Å². The highest BCUT2D eigenvalue weighted by Crippen LogP contribution is 2.29. The first-order valence-corrected chi connectivity index (χ1v) is 11.1. The molecule has 2 aromatic carbocycles.